The number of benzene rings is 1. The summed E-state index contributed by atoms with van der Waals surface area (Å²) in [6.45, 7) is 5.89. The molecule has 0 saturated carbocycles. The van der Waals surface area contributed by atoms with Crippen LogP contribution in [-0.2, 0) is 4.79 Å². The molecule has 21 heavy (non-hydrogen) atoms. The molecule has 1 aromatic rings. The van der Waals surface area contributed by atoms with Gasteiger partial charge in [-0.25, -0.2) is 0 Å². The largest absolute Gasteiger partial charge is 0.497 e. The van der Waals surface area contributed by atoms with Crippen LogP contribution in [0.25, 0.3) is 0 Å². The van der Waals surface area contributed by atoms with E-state index in [4.69, 9.17) is 4.74 Å². The first kappa shape index (κ1) is 17.5. The molecule has 1 N–H and O–H groups in total. The molecular formula is C17H27NO3. The number of hydrogen-bond acceptors (Lipinski definition) is 3. The molecule has 118 valence electrons. The van der Waals surface area contributed by atoms with Crippen molar-refractivity contribution in [3.63, 3.8) is 0 Å². The van der Waals surface area contributed by atoms with Gasteiger partial charge in [-0.05, 0) is 43.6 Å². The Bertz CT molecular complexity index is 409. The Morgan fingerprint density at radius 3 is 2.05 bits per heavy atom. The predicted molar refractivity (Wildman–Crippen MR) is 84.8 cm³/mol. The number of nitrogens with zero attached hydrogens (tertiary/aromatic N) is 1. The second-order valence-electron chi connectivity index (χ2n) is 5.26. The number of carboxylic acids is 1. The van der Waals surface area contributed by atoms with Crippen LogP contribution >= 0.6 is 0 Å². The van der Waals surface area contributed by atoms with Gasteiger partial charge in [-0.1, -0.05) is 38.8 Å². The average molecular weight is 293 g/mol. The van der Waals surface area contributed by atoms with E-state index in [0.717, 1.165) is 50.1 Å². The number of aliphatic carboxylic acids is 1. The molecule has 4 nitrogen and oxygen atoms in total. The molecule has 0 saturated heterocycles. The first-order valence-electron chi connectivity index (χ1n) is 7.74. The van der Waals surface area contributed by atoms with Gasteiger partial charge in [-0.15, -0.1) is 0 Å². The minimum absolute atomic E-state index is 0.575. The Balaban J connectivity index is 2.95. The summed E-state index contributed by atoms with van der Waals surface area (Å²) in [7, 11) is 1.61. The lowest BCUT2D eigenvalue weighted by Gasteiger charge is -2.29. The van der Waals surface area contributed by atoms with E-state index in [1.807, 2.05) is 24.3 Å². The highest BCUT2D eigenvalue weighted by atomic mass is 16.5. The SMILES string of the molecule is CCCCN(CCCC)C(C(=O)O)c1ccc(OC)cc1. The molecule has 1 atom stereocenters. The van der Waals surface area contributed by atoms with Gasteiger partial charge in [-0.2, -0.15) is 0 Å². The van der Waals surface area contributed by atoms with Crippen LogP contribution in [-0.4, -0.2) is 36.2 Å². The van der Waals surface area contributed by atoms with Crippen molar-refractivity contribution in [1.29, 1.82) is 0 Å². The van der Waals surface area contributed by atoms with Crippen LogP contribution in [0.5, 0.6) is 5.75 Å². The lowest BCUT2D eigenvalue weighted by atomic mass is 10.0. The van der Waals surface area contributed by atoms with Gasteiger partial charge in [0.2, 0.25) is 0 Å². The van der Waals surface area contributed by atoms with Crippen LogP contribution < -0.4 is 4.74 Å². The number of rotatable bonds is 10. The van der Waals surface area contributed by atoms with Gasteiger partial charge in [0, 0.05) is 0 Å². The van der Waals surface area contributed by atoms with E-state index in [-0.39, 0.29) is 0 Å². The fourth-order valence-corrected chi connectivity index (χ4v) is 2.39. The molecule has 0 heterocycles. The summed E-state index contributed by atoms with van der Waals surface area (Å²) in [5, 5.41) is 9.65. The predicted octanol–water partition coefficient (Wildman–Crippen LogP) is 3.72. The summed E-state index contributed by atoms with van der Waals surface area (Å²) in [5.41, 5.74) is 0.815. The minimum atomic E-state index is -0.785. The van der Waals surface area contributed by atoms with Crippen LogP contribution in [0.1, 0.15) is 51.1 Å². The minimum Gasteiger partial charge on any atom is -0.497 e. The number of carboxylic acid groups (broad SMARTS) is 1. The van der Waals surface area contributed by atoms with Crippen molar-refractivity contribution < 1.29 is 14.6 Å². The molecule has 0 fully saturated rings. The molecule has 1 unspecified atom stereocenters. The zero-order valence-corrected chi connectivity index (χ0v) is 13.3. The lowest BCUT2D eigenvalue weighted by Crippen LogP contribution is -2.35. The first-order valence-corrected chi connectivity index (χ1v) is 7.74. The van der Waals surface area contributed by atoms with Crippen LogP contribution in [0.3, 0.4) is 0 Å². The van der Waals surface area contributed by atoms with Gasteiger partial charge >= 0.3 is 5.97 Å². The Labute approximate surface area is 127 Å². The molecule has 0 aliphatic heterocycles. The summed E-state index contributed by atoms with van der Waals surface area (Å²) in [5.74, 6) is -0.0380. The van der Waals surface area contributed by atoms with E-state index in [1.54, 1.807) is 7.11 Å². The summed E-state index contributed by atoms with van der Waals surface area (Å²) in [6, 6.07) is 6.77. The quantitative estimate of drug-likeness (QED) is 0.714. The van der Waals surface area contributed by atoms with Crippen molar-refractivity contribution in [3.05, 3.63) is 29.8 Å². The highest BCUT2D eigenvalue weighted by molar-refractivity contribution is 5.75. The Morgan fingerprint density at radius 2 is 1.67 bits per heavy atom. The molecule has 0 bridgehead atoms. The van der Waals surface area contributed by atoms with E-state index >= 15 is 0 Å². The maximum Gasteiger partial charge on any atom is 0.325 e. The second-order valence-corrected chi connectivity index (χ2v) is 5.26. The molecule has 4 heteroatoms. The third kappa shape index (κ3) is 5.38. The van der Waals surface area contributed by atoms with Crippen molar-refractivity contribution in [2.45, 2.75) is 45.6 Å². The third-order valence-corrected chi connectivity index (χ3v) is 3.63. The lowest BCUT2D eigenvalue weighted by molar-refractivity contribution is -0.143. The monoisotopic (exact) mass is 293 g/mol. The molecule has 0 radical (unpaired) electrons. The van der Waals surface area contributed by atoms with Gasteiger partial charge in [0.25, 0.3) is 0 Å². The number of hydrogen-bond donors (Lipinski definition) is 1. The highest BCUT2D eigenvalue weighted by Crippen LogP contribution is 2.24. The van der Waals surface area contributed by atoms with E-state index in [0.29, 0.717) is 0 Å². The van der Waals surface area contributed by atoms with E-state index in [1.165, 1.54) is 0 Å². The highest BCUT2D eigenvalue weighted by Gasteiger charge is 2.26. The third-order valence-electron chi connectivity index (χ3n) is 3.63. The van der Waals surface area contributed by atoms with Crippen molar-refractivity contribution in [2.24, 2.45) is 0 Å². The molecule has 0 aromatic heterocycles. The maximum atomic E-state index is 11.7. The summed E-state index contributed by atoms with van der Waals surface area (Å²) in [4.78, 5) is 13.8. The zero-order chi connectivity index (χ0) is 15.7. The smallest absolute Gasteiger partial charge is 0.325 e. The summed E-state index contributed by atoms with van der Waals surface area (Å²) in [6.07, 6.45) is 4.17. The van der Waals surface area contributed by atoms with Crippen LogP contribution in [0.4, 0.5) is 0 Å². The van der Waals surface area contributed by atoms with Crippen LogP contribution in [0.2, 0.25) is 0 Å². The number of ether oxygens (including phenoxy) is 1. The molecular weight excluding hydrogens is 266 g/mol. The first-order chi connectivity index (χ1) is 10.1. The topological polar surface area (TPSA) is 49.8 Å². The van der Waals surface area contributed by atoms with Gasteiger partial charge in [0.1, 0.15) is 11.8 Å². The Hall–Kier alpha value is -1.55. The Kier molecular flexibility index (Phi) is 7.83. The van der Waals surface area contributed by atoms with E-state index < -0.39 is 12.0 Å². The fraction of sp³-hybridized carbons (Fsp3) is 0.588. The molecule has 0 amide bonds. The molecule has 0 aliphatic carbocycles. The van der Waals surface area contributed by atoms with Crippen molar-refractivity contribution in [1.82, 2.24) is 4.90 Å². The normalized spacial score (nSPS) is 12.4. The van der Waals surface area contributed by atoms with Crippen molar-refractivity contribution in [2.75, 3.05) is 20.2 Å². The molecule has 1 rings (SSSR count). The number of carbonyl (C=O) groups is 1. The van der Waals surface area contributed by atoms with Crippen molar-refractivity contribution in [3.8, 4) is 5.75 Å². The second kappa shape index (κ2) is 9.40. The summed E-state index contributed by atoms with van der Waals surface area (Å²) < 4.78 is 5.14. The Morgan fingerprint density at radius 1 is 1.14 bits per heavy atom. The number of unbranched alkanes of at least 4 members (excludes halogenated alkanes) is 2. The maximum absolute atomic E-state index is 11.7. The average Bonchev–Trinajstić information content (AvgIpc) is 2.50. The van der Waals surface area contributed by atoms with E-state index in [9.17, 15) is 9.90 Å². The van der Waals surface area contributed by atoms with Gasteiger partial charge in [-0.3, -0.25) is 9.69 Å². The van der Waals surface area contributed by atoms with Crippen molar-refractivity contribution >= 4 is 5.97 Å². The number of methoxy groups -OCH3 is 1. The fourth-order valence-electron chi connectivity index (χ4n) is 2.39. The molecule has 0 aliphatic rings. The molecule has 0 spiro atoms. The van der Waals surface area contributed by atoms with Crippen LogP contribution in [0.15, 0.2) is 24.3 Å². The zero-order valence-electron chi connectivity index (χ0n) is 13.3. The van der Waals surface area contributed by atoms with Gasteiger partial charge < -0.3 is 9.84 Å². The molecule has 1 aromatic carbocycles. The summed E-state index contributed by atoms with van der Waals surface area (Å²) >= 11 is 0. The van der Waals surface area contributed by atoms with Gasteiger partial charge in [0.15, 0.2) is 0 Å². The van der Waals surface area contributed by atoms with Gasteiger partial charge in [0.05, 0.1) is 7.11 Å². The van der Waals surface area contributed by atoms with E-state index in [2.05, 4.69) is 18.7 Å². The van der Waals surface area contributed by atoms with Crippen LogP contribution in [0, 0.1) is 0 Å². The standard InChI is InChI=1S/C17H27NO3/c1-4-6-12-18(13-7-5-2)16(17(19)20)14-8-10-15(21-3)11-9-14/h8-11,16H,4-7,12-13H2,1-3H3,(H,19,20).